The van der Waals surface area contributed by atoms with Crippen LogP contribution in [0, 0.1) is 6.92 Å². The van der Waals surface area contributed by atoms with Gasteiger partial charge in [-0.2, -0.15) is 5.10 Å². The zero-order chi connectivity index (χ0) is 27.2. The van der Waals surface area contributed by atoms with Crippen molar-refractivity contribution in [2.24, 2.45) is 7.05 Å². The van der Waals surface area contributed by atoms with Gasteiger partial charge in [0.1, 0.15) is 5.82 Å². The van der Waals surface area contributed by atoms with Crippen molar-refractivity contribution in [2.45, 2.75) is 32.4 Å². The third-order valence-corrected chi connectivity index (χ3v) is 8.26. The van der Waals surface area contributed by atoms with Crippen LogP contribution < -0.4 is 5.73 Å². The molecule has 0 bridgehead atoms. The van der Waals surface area contributed by atoms with Crippen LogP contribution in [0.4, 0.5) is 5.82 Å². The number of hydrogen-bond donors (Lipinski definition) is 1. The van der Waals surface area contributed by atoms with Crippen LogP contribution >= 0.6 is 0 Å². The summed E-state index contributed by atoms with van der Waals surface area (Å²) < 4.78 is 4.21. The van der Waals surface area contributed by atoms with Crippen molar-refractivity contribution in [3.8, 4) is 22.4 Å². The number of fused-ring (bicyclic) bond motifs is 2. The molecular weight excluding hydrogens is 494 g/mol. The zero-order valence-electron chi connectivity index (χ0n) is 23.0. The molecule has 3 aromatic heterocycles. The fourth-order valence-corrected chi connectivity index (χ4v) is 6.25. The van der Waals surface area contributed by atoms with Gasteiger partial charge in [-0.3, -0.25) is 4.90 Å². The van der Waals surface area contributed by atoms with Crippen LogP contribution in [0.1, 0.15) is 30.3 Å². The minimum atomic E-state index is 0.504. The summed E-state index contributed by atoms with van der Waals surface area (Å²) in [6, 6.07) is 30.4. The van der Waals surface area contributed by atoms with Crippen LogP contribution in [-0.2, 0) is 13.6 Å². The highest BCUT2D eigenvalue weighted by Gasteiger charge is 2.23. The molecule has 0 aliphatic carbocycles. The van der Waals surface area contributed by atoms with E-state index in [0.717, 1.165) is 77.2 Å². The first kappa shape index (κ1) is 24.5. The molecule has 0 spiro atoms. The van der Waals surface area contributed by atoms with E-state index in [1.165, 1.54) is 11.1 Å². The first-order valence-corrected chi connectivity index (χ1v) is 14.0. The number of hydrogen-bond acceptors (Lipinski definition) is 5. The number of benzene rings is 3. The van der Waals surface area contributed by atoms with Gasteiger partial charge in [0.15, 0.2) is 11.5 Å². The molecule has 0 saturated carbocycles. The predicted molar refractivity (Wildman–Crippen MR) is 162 cm³/mol. The number of aryl methyl sites for hydroxylation is 2. The molecule has 200 valence electrons. The Morgan fingerprint density at radius 1 is 0.850 bits per heavy atom. The van der Waals surface area contributed by atoms with Crippen molar-refractivity contribution in [1.82, 2.24) is 29.2 Å². The number of pyridine rings is 1. The predicted octanol–water partition coefficient (Wildman–Crippen LogP) is 6.38. The molecule has 4 heterocycles. The maximum atomic E-state index is 6.21. The Labute approximate surface area is 233 Å². The molecule has 7 rings (SSSR count). The van der Waals surface area contributed by atoms with Crippen molar-refractivity contribution in [2.75, 3.05) is 18.8 Å². The number of rotatable bonds is 5. The number of piperidine rings is 1. The van der Waals surface area contributed by atoms with E-state index in [4.69, 9.17) is 15.7 Å². The van der Waals surface area contributed by atoms with Crippen molar-refractivity contribution in [3.05, 3.63) is 96.3 Å². The second-order valence-corrected chi connectivity index (χ2v) is 10.9. The maximum Gasteiger partial charge on any atom is 0.160 e. The fourth-order valence-electron chi connectivity index (χ4n) is 6.25. The summed E-state index contributed by atoms with van der Waals surface area (Å²) in [5.74, 6) is 1.62. The average molecular weight is 528 g/mol. The van der Waals surface area contributed by atoms with Gasteiger partial charge in [-0.15, -0.1) is 0 Å². The molecule has 0 amide bonds. The molecule has 7 heteroatoms. The van der Waals surface area contributed by atoms with Gasteiger partial charge in [-0.25, -0.2) is 14.6 Å². The van der Waals surface area contributed by atoms with E-state index < -0.39 is 0 Å². The van der Waals surface area contributed by atoms with Crippen LogP contribution in [0.3, 0.4) is 0 Å². The van der Waals surface area contributed by atoms with Crippen molar-refractivity contribution in [1.29, 1.82) is 0 Å². The SMILES string of the molecule is Cc1nc2ccccc2n1C1CCN(Cc2ccc(-c3nc4c(cc3-c3ccccc3)c(N)nn4C)cc2)CC1. The molecule has 1 aliphatic rings. The third-order valence-electron chi connectivity index (χ3n) is 8.26. The van der Waals surface area contributed by atoms with Gasteiger partial charge < -0.3 is 10.3 Å². The quantitative estimate of drug-likeness (QED) is 0.281. The van der Waals surface area contributed by atoms with E-state index in [1.807, 2.05) is 13.1 Å². The fraction of sp³-hybridized carbons (Fsp3) is 0.242. The lowest BCUT2D eigenvalue weighted by Crippen LogP contribution is -2.34. The van der Waals surface area contributed by atoms with Crippen LogP contribution in [0.5, 0.6) is 0 Å². The normalized spacial score (nSPS) is 14.8. The van der Waals surface area contributed by atoms with Crippen molar-refractivity contribution >= 4 is 27.9 Å². The minimum absolute atomic E-state index is 0.504. The molecule has 1 saturated heterocycles. The summed E-state index contributed by atoms with van der Waals surface area (Å²) >= 11 is 0. The molecule has 40 heavy (non-hydrogen) atoms. The van der Waals surface area contributed by atoms with Crippen LogP contribution in [0.25, 0.3) is 44.5 Å². The first-order chi connectivity index (χ1) is 19.5. The average Bonchev–Trinajstić information content (AvgIpc) is 3.47. The second kappa shape index (κ2) is 9.92. The minimum Gasteiger partial charge on any atom is -0.382 e. The molecule has 1 fully saturated rings. The summed E-state index contributed by atoms with van der Waals surface area (Å²) in [4.78, 5) is 12.4. The molecule has 3 aromatic carbocycles. The van der Waals surface area contributed by atoms with E-state index >= 15 is 0 Å². The third kappa shape index (κ3) is 4.32. The van der Waals surface area contributed by atoms with Crippen LogP contribution in [0.15, 0.2) is 84.9 Å². The van der Waals surface area contributed by atoms with Gasteiger partial charge in [-0.1, -0.05) is 66.7 Å². The maximum absolute atomic E-state index is 6.21. The summed E-state index contributed by atoms with van der Waals surface area (Å²) in [5.41, 5.74) is 14.9. The van der Waals surface area contributed by atoms with Gasteiger partial charge in [0.05, 0.1) is 22.1 Å². The highest BCUT2D eigenvalue weighted by Crippen LogP contribution is 2.35. The Hall–Kier alpha value is -4.49. The largest absolute Gasteiger partial charge is 0.382 e. The van der Waals surface area contributed by atoms with E-state index in [1.54, 1.807) is 4.68 Å². The van der Waals surface area contributed by atoms with Gasteiger partial charge in [0.25, 0.3) is 0 Å². The van der Waals surface area contributed by atoms with E-state index in [9.17, 15) is 0 Å². The molecule has 0 atom stereocenters. The molecule has 0 unspecified atom stereocenters. The van der Waals surface area contributed by atoms with E-state index in [2.05, 4.69) is 100 Å². The summed E-state index contributed by atoms with van der Waals surface area (Å²) in [5, 5.41) is 5.28. The van der Waals surface area contributed by atoms with Gasteiger partial charge >= 0.3 is 0 Å². The van der Waals surface area contributed by atoms with Crippen molar-refractivity contribution < 1.29 is 0 Å². The smallest absolute Gasteiger partial charge is 0.160 e. The number of nitrogens with two attached hydrogens (primary N) is 1. The highest BCUT2D eigenvalue weighted by atomic mass is 15.3. The zero-order valence-corrected chi connectivity index (χ0v) is 23.0. The highest BCUT2D eigenvalue weighted by molar-refractivity contribution is 5.95. The van der Waals surface area contributed by atoms with Gasteiger partial charge in [0.2, 0.25) is 0 Å². The summed E-state index contributed by atoms with van der Waals surface area (Å²) in [6.07, 6.45) is 2.27. The Balaban J connectivity index is 1.11. The summed E-state index contributed by atoms with van der Waals surface area (Å²) in [7, 11) is 1.89. The topological polar surface area (TPSA) is 77.8 Å². The van der Waals surface area contributed by atoms with E-state index in [0.29, 0.717) is 11.9 Å². The molecule has 6 aromatic rings. The number of aromatic nitrogens is 5. The molecular formula is C33H33N7. The van der Waals surface area contributed by atoms with E-state index in [-0.39, 0.29) is 0 Å². The van der Waals surface area contributed by atoms with Gasteiger partial charge in [0, 0.05) is 43.9 Å². The lowest BCUT2D eigenvalue weighted by atomic mass is 9.97. The Kier molecular flexibility index (Phi) is 6.09. The second-order valence-electron chi connectivity index (χ2n) is 10.9. The Morgan fingerprint density at radius 3 is 2.35 bits per heavy atom. The lowest BCUT2D eigenvalue weighted by Gasteiger charge is -2.33. The number of para-hydroxylation sites is 2. The standard InChI is InChI=1S/C33H33N7/c1-22-35-29-10-6-7-11-30(29)40(22)26-16-18-39(19-17-26)21-23-12-14-25(15-13-23)31-27(24-8-4-3-5-9-24)20-28-32(34)37-38(2)33(28)36-31/h3-15,20,26H,16-19,21H2,1-2H3,(H2,34,37). The van der Waals surface area contributed by atoms with Crippen LogP contribution in [0.2, 0.25) is 0 Å². The lowest BCUT2D eigenvalue weighted by molar-refractivity contribution is 0.180. The molecule has 1 aliphatic heterocycles. The van der Waals surface area contributed by atoms with Crippen LogP contribution in [-0.4, -0.2) is 42.3 Å². The molecule has 0 radical (unpaired) electrons. The Bertz CT molecular complexity index is 1810. The number of nitrogens with zero attached hydrogens (tertiary/aromatic N) is 6. The summed E-state index contributed by atoms with van der Waals surface area (Å²) in [6.45, 7) is 5.24. The molecule has 7 nitrogen and oxygen atoms in total. The number of likely N-dealkylation sites (tertiary alicyclic amines) is 1. The number of imidazole rings is 1. The van der Waals surface area contributed by atoms with Gasteiger partial charge in [-0.05, 0) is 49.1 Å². The number of anilines is 1. The van der Waals surface area contributed by atoms with Crippen molar-refractivity contribution in [3.63, 3.8) is 0 Å². The first-order valence-electron chi connectivity index (χ1n) is 14.0. The monoisotopic (exact) mass is 527 g/mol. The molecule has 2 N–H and O–H groups in total. The number of nitrogen functional groups attached to an aromatic ring is 1. The Morgan fingerprint density at radius 2 is 1.57 bits per heavy atom.